The maximum atomic E-state index is 6.19. The van der Waals surface area contributed by atoms with E-state index < -0.39 is 0 Å². The first-order valence-electron chi connectivity index (χ1n) is 6.79. The van der Waals surface area contributed by atoms with Crippen molar-refractivity contribution in [1.29, 1.82) is 0 Å². The lowest BCUT2D eigenvalue weighted by molar-refractivity contribution is 0.221. The molecule has 2 aromatic rings. The van der Waals surface area contributed by atoms with Crippen LogP contribution in [-0.2, 0) is 12.8 Å². The fourth-order valence-electron chi connectivity index (χ4n) is 2.55. The Morgan fingerprint density at radius 2 is 2.21 bits per heavy atom. The quantitative estimate of drug-likeness (QED) is 0.913. The summed E-state index contributed by atoms with van der Waals surface area (Å²) >= 11 is 0. The summed E-state index contributed by atoms with van der Waals surface area (Å²) in [6, 6.07) is 8.36. The smallest absolute Gasteiger partial charge is 0.228 e. The van der Waals surface area contributed by atoms with Crippen molar-refractivity contribution < 1.29 is 4.52 Å². The molecule has 1 fully saturated rings. The van der Waals surface area contributed by atoms with Crippen molar-refractivity contribution in [2.75, 3.05) is 0 Å². The Morgan fingerprint density at radius 3 is 2.89 bits per heavy atom. The van der Waals surface area contributed by atoms with E-state index in [0.717, 1.165) is 18.7 Å². The van der Waals surface area contributed by atoms with Gasteiger partial charge >= 0.3 is 0 Å². The molecule has 1 saturated carbocycles. The summed E-state index contributed by atoms with van der Waals surface area (Å²) in [5.41, 5.74) is 8.54. The van der Waals surface area contributed by atoms with Crippen LogP contribution in [0.4, 0.5) is 0 Å². The largest absolute Gasteiger partial charge is 0.339 e. The normalized spacial score (nSPS) is 17.2. The van der Waals surface area contributed by atoms with E-state index in [4.69, 9.17) is 10.3 Å². The predicted octanol–water partition coefficient (Wildman–Crippen LogP) is 2.39. The third-order valence-corrected chi connectivity index (χ3v) is 3.81. The van der Waals surface area contributed by atoms with Crippen molar-refractivity contribution in [3.63, 3.8) is 0 Å². The maximum Gasteiger partial charge on any atom is 0.228 e. The molecule has 4 nitrogen and oxygen atoms in total. The molecule has 2 N–H and O–H groups in total. The van der Waals surface area contributed by atoms with Gasteiger partial charge in [0, 0.05) is 18.4 Å². The van der Waals surface area contributed by atoms with Crippen LogP contribution in [-0.4, -0.2) is 15.7 Å². The van der Waals surface area contributed by atoms with Crippen LogP contribution in [0.3, 0.4) is 0 Å². The van der Waals surface area contributed by atoms with Gasteiger partial charge in [-0.1, -0.05) is 35.0 Å². The Balaban J connectivity index is 1.67. The van der Waals surface area contributed by atoms with E-state index in [1.54, 1.807) is 0 Å². The van der Waals surface area contributed by atoms with Crippen molar-refractivity contribution >= 4 is 0 Å². The zero-order valence-corrected chi connectivity index (χ0v) is 11.2. The molecule has 0 saturated heterocycles. The summed E-state index contributed by atoms with van der Waals surface area (Å²) in [7, 11) is 0. The number of hydrogen-bond acceptors (Lipinski definition) is 4. The molecule has 1 aromatic heterocycles. The summed E-state index contributed by atoms with van der Waals surface area (Å²) in [5, 5.41) is 4.04. The van der Waals surface area contributed by atoms with Gasteiger partial charge in [0.05, 0.1) is 0 Å². The summed E-state index contributed by atoms with van der Waals surface area (Å²) in [6.45, 7) is 2.08. The molecule has 1 aliphatic carbocycles. The van der Waals surface area contributed by atoms with Gasteiger partial charge < -0.3 is 10.3 Å². The Kier molecular flexibility index (Phi) is 3.11. The molecule has 0 radical (unpaired) electrons. The third-order valence-electron chi connectivity index (χ3n) is 3.81. The molecule has 100 valence electrons. The molecule has 0 amide bonds. The second kappa shape index (κ2) is 4.78. The lowest BCUT2D eigenvalue weighted by atomic mass is 9.75. The van der Waals surface area contributed by atoms with Crippen LogP contribution in [0.2, 0.25) is 0 Å². The first-order valence-corrected chi connectivity index (χ1v) is 6.79. The Bertz CT molecular complexity index is 572. The molecule has 19 heavy (non-hydrogen) atoms. The van der Waals surface area contributed by atoms with E-state index >= 15 is 0 Å². The topological polar surface area (TPSA) is 64.9 Å². The minimum Gasteiger partial charge on any atom is -0.339 e. The zero-order chi connectivity index (χ0) is 13.3. The lowest BCUT2D eigenvalue weighted by Gasteiger charge is -2.36. The summed E-state index contributed by atoms with van der Waals surface area (Å²) in [5.74, 6) is 1.41. The van der Waals surface area contributed by atoms with Crippen LogP contribution in [0.1, 0.15) is 42.1 Å². The van der Waals surface area contributed by atoms with Gasteiger partial charge in [-0.3, -0.25) is 0 Å². The SMILES string of the molecule is Cc1cccc(Cc2noc(CC3(N)CCC3)n2)c1. The summed E-state index contributed by atoms with van der Waals surface area (Å²) in [4.78, 5) is 4.44. The van der Waals surface area contributed by atoms with Gasteiger partial charge in [-0.2, -0.15) is 4.98 Å². The molecule has 0 unspecified atom stereocenters. The molecule has 4 heteroatoms. The standard InChI is InChI=1S/C15H19N3O/c1-11-4-2-5-12(8-11)9-13-17-14(19-18-13)10-15(16)6-3-7-15/h2,4-5,8H,3,6-7,9-10,16H2,1H3. The molecule has 0 spiro atoms. The van der Waals surface area contributed by atoms with Crippen molar-refractivity contribution in [2.24, 2.45) is 5.73 Å². The molecular weight excluding hydrogens is 238 g/mol. The molecular formula is C15H19N3O. The predicted molar refractivity (Wildman–Crippen MR) is 72.8 cm³/mol. The van der Waals surface area contributed by atoms with Crippen LogP contribution in [0.5, 0.6) is 0 Å². The molecule has 0 aliphatic heterocycles. The fraction of sp³-hybridized carbons (Fsp3) is 0.467. The monoisotopic (exact) mass is 257 g/mol. The highest BCUT2D eigenvalue weighted by Gasteiger charge is 2.34. The van der Waals surface area contributed by atoms with E-state index in [1.807, 2.05) is 0 Å². The van der Waals surface area contributed by atoms with Crippen LogP contribution in [0, 0.1) is 6.92 Å². The number of benzene rings is 1. The number of aromatic nitrogens is 2. The number of hydrogen-bond donors (Lipinski definition) is 1. The molecule has 3 rings (SSSR count). The Morgan fingerprint density at radius 1 is 1.37 bits per heavy atom. The molecule has 0 atom stereocenters. The van der Waals surface area contributed by atoms with Crippen LogP contribution >= 0.6 is 0 Å². The number of rotatable bonds is 4. The van der Waals surface area contributed by atoms with Gasteiger partial charge in [0.2, 0.25) is 5.89 Å². The van der Waals surface area contributed by atoms with E-state index in [0.29, 0.717) is 18.7 Å². The molecule has 1 aliphatic rings. The zero-order valence-electron chi connectivity index (χ0n) is 11.2. The van der Waals surface area contributed by atoms with E-state index in [9.17, 15) is 0 Å². The number of aryl methyl sites for hydroxylation is 1. The number of nitrogens with two attached hydrogens (primary N) is 1. The minimum atomic E-state index is -0.104. The number of nitrogens with zero attached hydrogens (tertiary/aromatic N) is 2. The van der Waals surface area contributed by atoms with Crippen molar-refractivity contribution in [3.05, 3.63) is 47.1 Å². The Hall–Kier alpha value is -1.68. The molecule has 1 heterocycles. The molecule has 0 bridgehead atoms. The van der Waals surface area contributed by atoms with Crippen LogP contribution in [0.15, 0.2) is 28.8 Å². The van der Waals surface area contributed by atoms with Crippen molar-refractivity contribution in [1.82, 2.24) is 10.1 Å². The maximum absolute atomic E-state index is 6.19. The van der Waals surface area contributed by atoms with Gasteiger partial charge in [-0.15, -0.1) is 0 Å². The Labute approximate surface area is 113 Å². The average molecular weight is 257 g/mol. The first kappa shape index (κ1) is 12.4. The molecule has 1 aromatic carbocycles. The average Bonchev–Trinajstić information content (AvgIpc) is 2.74. The second-order valence-electron chi connectivity index (χ2n) is 5.66. The van der Waals surface area contributed by atoms with Gasteiger partial charge in [0.25, 0.3) is 0 Å². The highest BCUT2D eigenvalue weighted by atomic mass is 16.5. The van der Waals surface area contributed by atoms with E-state index in [1.165, 1.54) is 17.5 Å². The van der Waals surface area contributed by atoms with Gasteiger partial charge in [-0.25, -0.2) is 0 Å². The van der Waals surface area contributed by atoms with Crippen LogP contribution < -0.4 is 5.73 Å². The highest BCUT2D eigenvalue weighted by Crippen LogP contribution is 2.31. The second-order valence-corrected chi connectivity index (χ2v) is 5.66. The highest BCUT2D eigenvalue weighted by molar-refractivity contribution is 5.24. The summed E-state index contributed by atoms with van der Waals surface area (Å²) in [6.07, 6.45) is 4.74. The third kappa shape index (κ3) is 2.84. The van der Waals surface area contributed by atoms with E-state index in [-0.39, 0.29) is 5.54 Å². The summed E-state index contributed by atoms with van der Waals surface area (Å²) < 4.78 is 5.30. The van der Waals surface area contributed by atoms with Gasteiger partial charge in [0.1, 0.15) is 0 Å². The van der Waals surface area contributed by atoms with Crippen molar-refractivity contribution in [2.45, 2.75) is 44.6 Å². The van der Waals surface area contributed by atoms with Gasteiger partial charge in [-0.05, 0) is 31.7 Å². The fourth-order valence-corrected chi connectivity index (χ4v) is 2.55. The minimum absolute atomic E-state index is 0.104. The first-order chi connectivity index (χ1) is 9.13. The van der Waals surface area contributed by atoms with E-state index in [2.05, 4.69) is 41.3 Å². The van der Waals surface area contributed by atoms with Gasteiger partial charge in [0.15, 0.2) is 5.82 Å². The van der Waals surface area contributed by atoms with Crippen molar-refractivity contribution in [3.8, 4) is 0 Å². The lowest BCUT2D eigenvalue weighted by Crippen LogP contribution is -2.48. The van der Waals surface area contributed by atoms with Crippen LogP contribution in [0.25, 0.3) is 0 Å².